The Morgan fingerprint density at radius 1 is 1.12 bits per heavy atom. The van der Waals surface area contributed by atoms with Gasteiger partial charge in [0.15, 0.2) is 0 Å². The molecular weight excluding hydrogens is 330 g/mol. The fraction of sp³-hybridized carbons (Fsp3) is 0.650. The van der Waals surface area contributed by atoms with Gasteiger partial charge in [0.2, 0.25) is 0 Å². The molecule has 1 aromatic rings. The van der Waals surface area contributed by atoms with Crippen LogP contribution in [-0.2, 0) is 6.54 Å². The van der Waals surface area contributed by atoms with Crippen molar-refractivity contribution in [3.63, 3.8) is 0 Å². The van der Waals surface area contributed by atoms with Gasteiger partial charge in [-0.3, -0.25) is 4.90 Å². The van der Waals surface area contributed by atoms with Crippen LogP contribution in [0.3, 0.4) is 0 Å². The second-order valence-electron chi connectivity index (χ2n) is 6.81. The second kappa shape index (κ2) is 10.3. The number of rotatable bonds is 8. The molecule has 0 aliphatic carbocycles. The molecule has 1 heterocycles. The number of hydrogen-bond acceptors (Lipinski definition) is 4. The Bertz CT molecular complexity index is 567. The van der Waals surface area contributed by atoms with Gasteiger partial charge in [-0.15, -0.1) is 0 Å². The predicted molar refractivity (Wildman–Crippen MR) is 104 cm³/mol. The van der Waals surface area contributed by atoms with Gasteiger partial charge in [0, 0.05) is 44.8 Å². The Hall–Kier alpha value is -1.95. The van der Waals surface area contributed by atoms with Crippen LogP contribution in [0.5, 0.6) is 11.5 Å². The largest absolute Gasteiger partial charge is 0.497 e. The molecule has 0 atom stereocenters. The van der Waals surface area contributed by atoms with E-state index in [0.717, 1.165) is 69.2 Å². The van der Waals surface area contributed by atoms with E-state index in [0.29, 0.717) is 5.92 Å². The lowest BCUT2D eigenvalue weighted by molar-refractivity contribution is 0.133. The molecule has 6 nitrogen and oxygen atoms in total. The number of carbonyl (C=O) groups excluding carboxylic acids is 1. The van der Waals surface area contributed by atoms with Crippen molar-refractivity contribution in [1.29, 1.82) is 0 Å². The molecule has 2 rings (SSSR count). The number of amides is 2. The Labute approximate surface area is 157 Å². The molecule has 0 unspecified atom stereocenters. The van der Waals surface area contributed by atoms with Gasteiger partial charge in [-0.2, -0.15) is 0 Å². The number of hydrogen-bond donors (Lipinski definition) is 1. The van der Waals surface area contributed by atoms with E-state index < -0.39 is 0 Å². The highest BCUT2D eigenvalue weighted by Crippen LogP contribution is 2.25. The average molecular weight is 364 g/mol. The molecule has 6 heteroatoms. The number of nitrogens with zero attached hydrogens (tertiary/aromatic N) is 2. The summed E-state index contributed by atoms with van der Waals surface area (Å²) in [4.78, 5) is 16.6. The van der Waals surface area contributed by atoms with Gasteiger partial charge in [-0.25, -0.2) is 4.79 Å². The molecule has 0 aromatic heterocycles. The first-order chi connectivity index (χ1) is 12.6. The van der Waals surface area contributed by atoms with Gasteiger partial charge in [0.25, 0.3) is 0 Å². The number of piperazine rings is 1. The van der Waals surface area contributed by atoms with Crippen LogP contribution in [0.15, 0.2) is 18.2 Å². The fourth-order valence-corrected chi connectivity index (χ4v) is 3.28. The maximum Gasteiger partial charge on any atom is 0.317 e. The van der Waals surface area contributed by atoms with Crippen LogP contribution >= 0.6 is 0 Å². The Morgan fingerprint density at radius 2 is 1.81 bits per heavy atom. The van der Waals surface area contributed by atoms with Crippen LogP contribution in [0.1, 0.15) is 32.3 Å². The third-order valence-electron chi connectivity index (χ3n) is 5.24. The number of methoxy groups -OCH3 is 2. The molecule has 1 N–H and O–H groups in total. The second-order valence-corrected chi connectivity index (χ2v) is 6.81. The van der Waals surface area contributed by atoms with E-state index in [1.165, 1.54) is 0 Å². The summed E-state index contributed by atoms with van der Waals surface area (Å²) in [6, 6.07) is 5.93. The van der Waals surface area contributed by atoms with E-state index >= 15 is 0 Å². The summed E-state index contributed by atoms with van der Waals surface area (Å²) in [5.74, 6) is 2.28. The van der Waals surface area contributed by atoms with Crippen LogP contribution in [0.25, 0.3) is 0 Å². The summed E-state index contributed by atoms with van der Waals surface area (Å²) in [5.41, 5.74) is 1.11. The van der Waals surface area contributed by atoms with Crippen LogP contribution in [0.4, 0.5) is 4.79 Å². The molecule has 2 amide bonds. The zero-order chi connectivity index (χ0) is 18.9. The lowest BCUT2D eigenvalue weighted by Gasteiger charge is -2.35. The average Bonchev–Trinajstić information content (AvgIpc) is 2.69. The first-order valence-electron chi connectivity index (χ1n) is 9.57. The molecule has 0 radical (unpaired) electrons. The predicted octanol–water partition coefficient (Wildman–Crippen LogP) is 2.97. The van der Waals surface area contributed by atoms with E-state index in [1.807, 2.05) is 23.1 Å². The van der Waals surface area contributed by atoms with Crippen LogP contribution in [0.2, 0.25) is 0 Å². The maximum atomic E-state index is 12.3. The van der Waals surface area contributed by atoms with Crippen molar-refractivity contribution in [2.45, 2.75) is 33.2 Å². The molecule has 1 fully saturated rings. The highest BCUT2D eigenvalue weighted by molar-refractivity contribution is 5.74. The van der Waals surface area contributed by atoms with Gasteiger partial charge in [0.05, 0.1) is 14.2 Å². The Kier molecular flexibility index (Phi) is 8.04. The van der Waals surface area contributed by atoms with Crippen molar-refractivity contribution in [1.82, 2.24) is 15.1 Å². The minimum Gasteiger partial charge on any atom is -0.497 e. The van der Waals surface area contributed by atoms with Gasteiger partial charge in [0.1, 0.15) is 11.5 Å². The number of carbonyl (C=O) groups is 1. The van der Waals surface area contributed by atoms with E-state index in [9.17, 15) is 4.79 Å². The van der Waals surface area contributed by atoms with E-state index in [4.69, 9.17) is 9.47 Å². The summed E-state index contributed by atoms with van der Waals surface area (Å²) in [6.07, 6.45) is 2.21. The summed E-state index contributed by atoms with van der Waals surface area (Å²) in [5, 5.41) is 3.08. The maximum absolute atomic E-state index is 12.3. The van der Waals surface area contributed by atoms with Crippen molar-refractivity contribution in [3.05, 3.63) is 23.8 Å². The Balaban J connectivity index is 1.84. The highest BCUT2D eigenvalue weighted by Gasteiger charge is 2.22. The highest BCUT2D eigenvalue weighted by atomic mass is 16.5. The van der Waals surface area contributed by atoms with Crippen molar-refractivity contribution in [2.24, 2.45) is 5.92 Å². The van der Waals surface area contributed by atoms with E-state index in [1.54, 1.807) is 14.2 Å². The standard InChI is InChI=1S/C20H33N3O3/c1-5-16(6-2)14-21-20(24)23-11-9-22(10-12-23)15-17-13-18(25-3)7-8-19(17)26-4/h7-8,13,16H,5-6,9-12,14-15H2,1-4H3,(H,21,24). The molecule has 26 heavy (non-hydrogen) atoms. The van der Waals surface area contributed by atoms with Crippen molar-refractivity contribution in [2.75, 3.05) is 46.9 Å². The van der Waals surface area contributed by atoms with Crippen LogP contribution in [0, 0.1) is 5.92 Å². The lowest BCUT2D eigenvalue weighted by atomic mass is 10.0. The van der Waals surface area contributed by atoms with Gasteiger partial charge in [-0.1, -0.05) is 26.7 Å². The number of nitrogens with one attached hydrogen (secondary N) is 1. The van der Waals surface area contributed by atoms with Crippen molar-refractivity contribution >= 4 is 6.03 Å². The number of ether oxygens (including phenoxy) is 2. The zero-order valence-corrected chi connectivity index (χ0v) is 16.6. The third kappa shape index (κ3) is 5.53. The molecule has 0 spiro atoms. The summed E-state index contributed by atoms with van der Waals surface area (Å²) in [7, 11) is 3.36. The minimum absolute atomic E-state index is 0.0653. The van der Waals surface area contributed by atoms with Crippen molar-refractivity contribution in [3.8, 4) is 11.5 Å². The van der Waals surface area contributed by atoms with E-state index in [2.05, 4.69) is 24.1 Å². The van der Waals surface area contributed by atoms with Crippen molar-refractivity contribution < 1.29 is 14.3 Å². The SMILES string of the molecule is CCC(CC)CNC(=O)N1CCN(Cc2cc(OC)ccc2OC)CC1. The molecule has 146 valence electrons. The molecule has 1 aromatic carbocycles. The fourth-order valence-electron chi connectivity index (χ4n) is 3.28. The summed E-state index contributed by atoms with van der Waals surface area (Å²) in [6.45, 7) is 9.13. The van der Waals surface area contributed by atoms with Gasteiger partial charge in [-0.05, 0) is 24.1 Å². The zero-order valence-electron chi connectivity index (χ0n) is 16.6. The Morgan fingerprint density at radius 3 is 2.38 bits per heavy atom. The molecular formula is C20H33N3O3. The summed E-state index contributed by atoms with van der Waals surface area (Å²) < 4.78 is 10.8. The molecule has 1 aliphatic rings. The molecule has 1 aliphatic heterocycles. The minimum atomic E-state index is 0.0653. The number of urea groups is 1. The molecule has 1 saturated heterocycles. The lowest BCUT2D eigenvalue weighted by Crippen LogP contribution is -2.52. The monoisotopic (exact) mass is 363 g/mol. The third-order valence-corrected chi connectivity index (χ3v) is 5.24. The first-order valence-corrected chi connectivity index (χ1v) is 9.57. The smallest absolute Gasteiger partial charge is 0.317 e. The topological polar surface area (TPSA) is 54.0 Å². The van der Waals surface area contributed by atoms with Gasteiger partial charge < -0.3 is 19.7 Å². The molecule has 0 bridgehead atoms. The molecule has 0 saturated carbocycles. The van der Waals surface area contributed by atoms with Gasteiger partial charge >= 0.3 is 6.03 Å². The van der Waals surface area contributed by atoms with E-state index in [-0.39, 0.29) is 6.03 Å². The summed E-state index contributed by atoms with van der Waals surface area (Å²) >= 11 is 0. The normalized spacial score (nSPS) is 15.2. The van der Waals surface area contributed by atoms with Crippen LogP contribution in [-0.4, -0.2) is 62.8 Å². The number of benzene rings is 1. The quantitative estimate of drug-likeness (QED) is 0.771. The first kappa shape index (κ1) is 20.4. The van der Waals surface area contributed by atoms with Crippen LogP contribution < -0.4 is 14.8 Å².